The number of nitrogens with one attached hydrogen (secondary N) is 2. The molecule has 1 atom stereocenters. The quantitative estimate of drug-likeness (QED) is 0.427. The number of rotatable bonds is 10. The number of furan rings is 1. The second kappa shape index (κ2) is 11.2. The number of aliphatic imine (C=N–C) groups is 1. The van der Waals surface area contributed by atoms with E-state index in [0.717, 1.165) is 23.9 Å². The Morgan fingerprint density at radius 1 is 1.26 bits per heavy atom. The number of nitrogens with zero attached hydrogens (tertiary/aromatic N) is 2. The molecular weight excluding hydrogens is 416 g/mol. The SMILES string of the molecule is CCNS(=O)(=O)C1CCN(C(=NCCc2ccco2)NCCc2ccc(OC)cc2)C1. The van der Waals surface area contributed by atoms with Crippen molar-refractivity contribution in [1.82, 2.24) is 14.9 Å². The largest absolute Gasteiger partial charge is 0.497 e. The van der Waals surface area contributed by atoms with Crippen LogP contribution in [0.3, 0.4) is 0 Å². The summed E-state index contributed by atoms with van der Waals surface area (Å²) in [6.07, 6.45) is 3.77. The minimum atomic E-state index is -3.30. The lowest BCUT2D eigenvalue weighted by Crippen LogP contribution is -2.43. The molecule has 170 valence electrons. The molecule has 0 spiro atoms. The standard InChI is InChI=1S/C22H32N4O4S/c1-3-25-31(27,28)21-12-15-26(17-21)22(24-14-11-20-5-4-16-30-20)23-13-10-18-6-8-19(29-2)9-7-18/h4-9,16,21,25H,3,10-15,17H2,1-2H3,(H,23,24). The number of ether oxygens (including phenoxy) is 1. The van der Waals surface area contributed by atoms with E-state index in [4.69, 9.17) is 14.1 Å². The Morgan fingerprint density at radius 2 is 2.06 bits per heavy atom. The van der Waals surface area contributed by atoms with E-state index in [-0.39, 0.29) is 0 Å². The summed E-state index contributed by atoms with van der Waals surface area (Å²) in [5.41, 5.74) is 1.19. The maximum absolute atomic E-state index is 12.4. The fraction of sp³-hybridized carbons (Fsp3) is 0.500. The molecule has 1 aliphatic heterocycles. The van der Waals surface area contributed by atoms with Crippen LogP contribution in [0.2, 0.25) is 0 Å². The highest BCUT2D eigenvalue weighted by Crippen LogP contribution is 2.17. The van der Waals surface area contributed by atoms with Crippen molar-refractivity contribution in [3.63, 3.8) is 0 Å². The number of methoxy groups -OCH3 is 1. The highest BCUT2D eigenvalue weighted by molar-refractivity contribution is 7.90. The Hall–Kier alpha value is -2.52. The summed E-state index contributed by atoms with van der Waals surface area (Å²) in [6, 6.07) is 11.8. The molecule has 1 aliphatic rings. The third-order valence-corrected chi connectivity index (χ3v) is 7.24. The zero-order valence-electron chi connectivity index (χ0n) is 18.2. The predicted molar refractivity (Wildman–Crippen MR) is 122 cm³/mol. The number of sulfonamides is 1. The first-order chi connectivity index (χ1) is 15.0. The topological polar surface area (TPSA) is 96.2 Å². The lowest BCUT2D eigenvalue weighted by molar-refractivity contribution is 0.414. The van der Waals surface area contributed by atoms with Crippen molar-refractivity contribution >= 4 is 16.0 Å². The van der Waals surface area contributed by atoms with Crippen LogP contribution in [0.1, 0.15) is 24.7 Å². The Labute approximate surface area is 184 Å². The maximum Gasteiger partial charge on any atom is 0.216 e. The van der Waals surface area contributed by atoms with Gasteiger partial charge in [0.25, 0.3) is 0 Å². The van der Waals surface area contributed by atoms with Crippen LogP contribution in [-0.2, 0) is 22.9 Å². The van der Waals surface area contributed by atoms with Gasteiger partial charge < -0.3 is 19.4 Å². The summed E-state index contributed by atoms with van der Waals surface area (Å²) < 4.78 is 38.0. The summed E-state index contributed by atoms with van der Waals surface area (Å²) in [5, 5.41) is 3.00. The zero-order chi connectivity index (χ0) is 22.1. The van der Waals surface area contributed by atoms with Crippen LogP contribution in [-0.4, -0.2) is 64.4 Å². The first-order valence-electron chi connectivity index (χ1n) is 10.7. The van der Waals surface area contributed by atoms with Crippen molar-refractivity contribution < 1.29 is 17.6 Å². The highest BCUT2D eigenvalue weighted by Gasteiger charge is 2.33. The molecule has 0 aliphatic carbocycles. The molecule has 2 aromatic rings. The molecule has 0 amide bonds. The fourth-order valence-corrected chi connectivity index (χ4v) is 5.03. The van der Waals surface area contributed by atoms with Crippen LogP contribution < -0.4 is 14.8 Å². The molecule has 1 unspecified atom stereocenters. The summed E-state index contributed by atoms with van der Waals surface area (Å²) in [5.74, 6) is 2.46. The molecule has 9 heteroatoms. The predicted octanol–water partition coefficient (Wildman–Crippen LogP) is 2.03. The van der Waals surface area contributed by atoms with Gasteiger partial charge in [-0.1, -0.05) is 19.1 Å². The first-order valence-corrected chi connectivity index (χ1v) is 12.2. The molecular formula is C22H32N4O4S. The molecule has 2 heterocycles. The normalized spacial score (nSPS) is 17.2. The molecule has 3 rings (SSSR count). The van der Waals surface area contributed by atoms with Gasteiger partial charge in [-0.15, -0.1) is 0 Å². The second-order valence-electron chi connectivity index (χ2n) is 7.46. The van der Waals surface area contributed by atoms with Crippen molar-refractivity contribution in [2.45, 2.75) is 31.4 Å². The third kappa shape index (κ3) is 6.73. The zero-order valence-corrected chi connectivity index (χ0v) is 19.0. The summed E-state index contributed by atoms with van der Waals surface area (Å²) in [6.45, 7) is 4.57. The number of benzene rings is 1. The van der Waals surface area contributed by atoms with Crippen LogP contribution in [0, 0.1) is 0 Å². The molecule has 31 heavy (non-hydrogen) atoms. The van der Waals surface area contributed by atoms with E-state index in [9.17, 15) is 8.42 Å². The third-order valence-electron chi connectivity index (χ3n) is 5.28. The van der Waals surface area contributed by atoms with Crippen molar-refractivity contribution in [3.8, 4) is 5.75 Å². The van der Waals surface area contributed by atoms with Crippen molar-refractivity contribution in [1.29, 1.82) is 0 Å². The lowest BCUT2D eigenvalue weighted by atomic mass is 10.1. The summed E-state index contributed by atoms with van der Waals surface area (Å²) in [7, 11) is -1.65. The number of hydrogen-bond donors (Lipinski definition) is 2. The van der Waals surface area contributed by atoms with Crippen molar-refractivity contribution in [2.75, 3.05) is 39.8 Å². The Balaban J connectivity index is 1.61. The number of hydrogen-bond acceptors (Lipinski definition) is 5. The average Bonchev–Trinajstić information content (AvgIpc) is 3.46. The minimum Gasteiger partial charge on any atom is -0.497 e. The maximum atomic E-state index is 12.4. The fourth-order valence-electron chi connectivity index (χ4n) is 3.60. The van der Waals surface area contributed by atoms with E-state index in [0.29, 0.717) is 45.6 Å². The number of likely N-dealkylation sites (tertiary alicyclic amines) is 1. The Bertz CT molecular complexity index is 927. The van der Waals surface area contributed by atoms with Crippen LogP contribution in [0.5, 0.6) is 5.75 Å². The Kier molecular flexibility index (Phi) is 8.36. The van der Waals surface area contributed by atoms with E-state index in [1.165, 1.54) is 5.56 Å². The highest BCUT2D eigenvalue weighted by atomic mass is 32.2. The van der Waals surface area contributed by atoms with Gasteiger partial charge in [-0.2, -0.15) is 0 Å². The van der Waals surface area contributed by atoms with Gasteiger partial charge in [0, 0.05) is 39.1 Å². The molecule has 1 aromatic carbocycles. The van der Waals surface area contributed by atoms with Crippen molar-refractivity contribution in [3.05, 3.63) is 54.0 Å². The molecule has 0 saturated carbocycles. The molecule has 2 N–H and O–H groups in total. The van der Waals surface area contributed by atoms with E-state index in [2.05, 4.69) is 10.0 Å². The first kappa shape index (κ1) is 23.1. The molecule has 1 fully saturated rings. The van der Waals surface area contributed by atoms with Gasteiger partial charge in [0.15, 0.2) is 5.96 Å². The summed E-state index contributed by atoms with van der Waals surface area (Å²) >= 11 is 0. The monoisotopic (exact) mass is 448 g/mol. The van der Waals surface area contributed by atoms with E-state index >= 15 is 0 Å². The van der Waals surface area contributed by atoms with Crippen LogP contribution in [0.15, 0.2) is 52.1 Å². The smallest absolute Gasteiger partial charge is 0.216 e. The summed E-state index contributed by atoms with van der Waals surface area (Å²) in [4.78, 5) is 6.78. The number of guanidine groups is 1. The van der Waals surface area contributed by atoms with Gasteiger partial charge in [0.2, 0.25) is 10.0 Å². The molecule has 1 aromatic heterocycles. The van der Waals surface area contributed by atoms with Gasteiger partial charge in [0.05, 0.1) is 18.6 Å². The van der Waals surface area contributed by atoms with Gasteiger partial charge in [0.1, 0.15) is 11.5 Å². The van der Waals surface area contributed by atoms with Gasteiger partial charge >= 0.3 is 0 Å². The van der Waals surface area contributed by atoms with Gasteiger partial charge in [-0.3, -0.25) is 4.99 Å². The lowest BCUT2D eigenvalue weighted by Gasteiger charge is -2.22. The molecule has 0 bridgehead atoms. The van der Waals surface area contributed by atoms with Gasteiger partial charge in [-0.05, 0) is 42.7 Å². The van der Waals surface area contributed by atoms with Gasteiger partial charge in [-0.25, -0.2) is 13.1 Å². The van der Waals surface area contributed by atoms with Crippen LogP contribution in [0.4, 0.5) is 0 Å². The molecule has 1 saturated heterocycles. The van der Waals surface area contributed by atoms with Crippen LogP contribution >= 0.6 is 0 Å². The second-order valence-corrected chi connectivity index (χ2v) is 9.50. The van der Waals surface area contributed by atoms with Crippen molar-refractivity contribution in [2.24, 2.45) is 4.99 Å². The Morgan fingerprint density at radius 3 is 2.74 bits per heavy atom. The molecule has 0 radical (unpaired) electrons. The van der Waals surface area contributed by atoms with E-state index in [1.54, 1.807) is 20.3 Å². The van der Waals surface area contributed by atoms with Crippen LogP contribution in [0.25, 0.3) is 0 Å². The average molecular weight is 449 g/mol. The minimum absolute atomic E-state index is 0.406. The van der Waals surface area contributed by atoms with E-state index < -0.39 is 15.3 Å². The molecule has 8 nitrogen and oxygen atoms in total. The van der Waals surface area contributed by atoms with E-state index in [1.807, 2.05) is 41.3 Å².